The number of hydrogen-bond donors (Lipinski definition) is 2. The molecule has 2 N–H and O–H groups in total. The molecule has 1 unspecified atom stereocenters. The maximum atomic E-state index is 10.9. The Morgan fingerprint density at radius 1 is 1.58 bits per heavy atom. The fourth-order valence-electron chi connectivity index (χ4n) is 0.527. The molecule has 4 nitrogen and oxygen atoms in total. The van der Waals surface area contributed by atoms with Gasteiger partial charge in [-0.15, -0.1) is 0 Å². The minimum atomic E-state index is -0.630. The third kappa shape index (κ3) is 5.40. The Hall–Kier alpha value is -0.260. The number of esters is 1. The molecule has 1 atom stereocenters. The van der Waals surface area contributed by atoms with Crippen molar-refractivity contribution < 1.29 is 14.3 Å². The highest BCUT2D eigenvalue weighted by Crippen LogP contribution is 1.88. The second-order valence-corrected chi connectivity index (χ2v) is 2.52. The zero-order valence-corrected chi connectivity index (χ0v) is 8.05. The van der Waals surface area contributed by atoms with Crippen molar-refractivity contribution in [3.8, 4) is 0 Å². The highest BCUT2D eigenvalue weighted by atomic mass is 32.1. The number of thiol groups is 1. The van der Waals surface area contributed by atoms with Crippen LogP contribution in [-0.4, -0.2) is 37.6 Å². The predicted octanol–water partition coefficient (Wildman–Crippen LogP) is -0.177. The lowest BCUT2D eigenvalue weighted by molar-refractivity contribution is -0.146. The predicted molar refractivity (Wildman–Crippen MR) is 49.3 cm³/mol. The normalized spacial score (nSPS) is 12.6. The van der Waals surface area contributed by atoms with Gasteiger partial charge in [0.2, 0.25) is 0 Å². The van der Waals surface area contributed by atoms with Crippen LogP contribution < -0.4 is 5.73 Å². The van der Waals surface area contributed by atoms with Crippen LogP contribution in [0.2, 0.25) is 0 Å². The van der Waals surface area contributed by atoms with E-state index in [9.17, 15) is 4.79 Å². The van der Waals surface area contributed by atoms with E-state index < -0.39 is 12.0 Å². The van der Waals surface area contributed by atoms with Crippen molar-refractivity contribution in [3.05, 3.63) is 0 Å². The van der Waals surface area contributed by atoms with Gasteiger partial charge < -0.3 is 15.2 Å². The molecule has 0 saturated heterocycles. The first-order valence-corrected chi connectivity index (χ1v) is 4.46. The molecule has 0 aromatic heterocycles. The highest BCUT2D eigenvalue weighted by Gasteiger charge is 2.11. The molecule has 0 bridgehead atoms. The van der Waals surface area contributed by atoms with E-state index in [0.29, 0.717) is 19.0 Å². The standard InChI is InChI=1S/C7H15NO3S/c1-2-10-3-4-11-7(9)6(8)5-12/h6,12H,2-5,8H2,1H3. The zero-order valence-electron chi connectivity index (χ0n) is 7.16. The topological polar surface area (TPSA) is 61.5 Å². The van der Waals surface area contributed by atoms with Gasteiger partial charge >= 0.3 is 5.97 Å². The SMILES string of the molecule is CCOCCOC(=O)C(N)CS. The van der Waals surface area contributed by atoms with Gasteiger partial charge in [-0.25, -0.2) is 0 Å². The Bertz CT molecular complexity index is 132. The number of hydrogen-bond acceptors (Lipinski definition) is 5. The first kappa shape index (κ1) is 11.7. The number of carbonyl (C=O) groups is 1. The second-order valence-electron chi connectivity index (χ2n) is 2.15. The molecule has 72 valence electrons. The number of rotatable bonds is 6. The van der Waals surface area contributed by atoms with E-state index >= 15 is 0 Å². The van der Waals surface area contributed by atoms with Crippen molar-refractivity contribution >= 4 is 18.6 Å². The largest absolute Gasteiger partial charge is 0.462 e. The summed E-state index contributed by atoms with van der Waals surface area (Å²) in [6.45, 7) is 3.17. The maximum absolute atomic E-state index is 10.9. The van der Waals surface area contributed by atoms with Gasteiger partial charge in [0.05, 0.1) is 6.61 Å². The Morgan fingerprint density at radius 3 is 2.75 bits per heavy atom. The maximum Gasteiger partial charge on any atom is 0.323 e. The molecule has 12 heavy (non-hydrogen) atoms. The summed E-state index contributed by atoms with van der Waals surface area (Å²) in [5.41, 5.74) is 5.34. The third-order valence-electron chi connectivity index (χ3n) is 1.18. The van der Waals surface area contributed by atoms with Gasteiger partial charge in [-0.05, 0) is 6.92 Å². The minimum Gasteiger partial charge on any atom is -0.462 e. The molecule has 0 saturated carbocycles. The molecule has 0 spiro atoms. The van der Waals surface area contributed by atoms with Crippen LogP contribution in [0.4, 0.5) is 0 Å². The molecule has 0 aromatic rings. The monoisotopic (exact) mass is 193 g/mol. The van der Waals surface area contributed by atoms with E-state index in [0.717, 1.165) is 0 Å². The van der Waals surface area contributed by atoms with E-state index in [4.69, 9.17) is 15.2 Å². The van der Waals surface area contributed by atoms with Crippen LogP contribution >= 0.6 is 12.6 Å². The summed E-state index contributed by atoms with van der Waals surface area (Å²) in [6, 6.07) is -0.630. The highest BCUT2D eigenvalue weighted by molar-refractivity contribution is 7.80. The van der Waals surface area contributed by atoms with Crippen molar-refractivity contribution in [2.24, 2.45) is 5.73 Å². The molecule has 0 aliphatic heterocycles. The minimum absolute atomic E-state index is 0.258. The lowest BCUT2D eigenvalue weighted by Gasteiger charge is -2.08. The van der Waals surface area contributed by atoms with Crippen molar-refractivity contribution in [3.63, 3.8) is 0 Å². The molecular weight excluding hydrogens is 178 g/mol. The van der Waals surface area contributed by atoms with Gasteiger partial charge in [0.15, 0.2) is 0 Å². The zero-order chi connectivity index (χ0) is 9.40. The van der Waals surface area contributed by atoms with E-state index in [1.807, 2.05) is 6.92 Å². The Labute approximate surface area is 77.8 Å². The summed E-state index contributed by atoms with van der Waals surface area (Å²) in [5.74, 6) is -0.127. The fraction of sp³-hybridized carbons (Fsp3) is 0.857. The van der Waals surface area contributed by atoms with Gasteiger partial charge in [0.1, 0.15) is 12.6 Å². The van der Waals surface area contributed by atoms with Crippen molar-refractivity contribution in [2.45, 2.75) is 13.0 Å². The number of nitrogens with two attached hydrogens (primary N) is 1. The second kappa shape index (κ2) is 7.39. The Kier molecular flexibility index (Phi) is 7.23. The van der Waals surface area contributed by atoms with E-state index in [2.05, 4.69) is 12.6 Å². The van der Waals surface area contributed by atoms with Crippen LogP contribution in [0.1, 0.15) is 6.92 Å². The lowest BCUT2D eigenvalue weighted by Crippen LogP contribution is -2.34. The van der Waals surface area contributed by atoms with Gasteiger partial charge in [-0.3, -0.25) is 4.79 Å². The summed E-state index contributed by atoms with van der Waals surface area (Å²) in [5, 5.41) is 0. The molecule has 0 heterocycles. The van der Waals surface area contributed by atoms with Gasteiger partial charge in [-0.1, -0.05) is 0 Å². The van der Waals surface area contributed by atoms with Crippen LogP contribution in [0.25, 0.3) is 0 Å². The molecule has 0 aliphatic rings. The lowest BCUT2D eigenvalue weighted by atomic mass is 10.4. The van der Waals surface area contributed by atoms with E-state index in [1.54, 1.807) is 0 Å². The molecule has 0 aliphatic carbocycles. The summed E-state index contributed by atoms with van der Waals surface area (Å²) in [4.78, 5) is 10.9. The van der Waals surface area contributed by atoms with E-state index in [1.165, 1.54) is 0 Å². The van der Waals surface area contributed by atoms with Crippen LogP contribution in [0.15, 0.2) is 0 Å². The molecular formula is C7H15NO3S. The first-order chi connectivity index (χ1) is 5.72. The smallest absolute Gasteiger partial charge is 0.323 e. The first-order valence-electron chi connectivity index (χ1n) is 3.83. The van der Waals surface area contributed by atoms with Crippen molar-refractivity contribution in [1.29, 1.82) is 0 Å². The molecule has 0 radical (unpaired) electrons. The fourth-order valence-corrected chi connectivity index (χ4v) is 0.676. The Balaban J connectivity index is 3.31. The van der Waals surface area contributed by atoms with Crippen molar-refractivity contribution in [2.75, 3.05) is 25.6 Å². The third-order valence-corrected chi connectivity index (χ3v) is 1.57. The quantitative estimate of drug-likeness (QED) is 0.349. The molecule has 0 rings (SSSR count). The van der Waals surface area contributed by atoms with Crippen LogP contribution in [0.5, 0.6) is 0 Å². The average molecular weight is 193 g/mol. The van der Waals surface area contributed by atoms with Gasteiger partial charge in [0.25, 0.3) is 0 Å². The number of carbonyl (C=O) groups excluding carboxylic acids is 1. The van der Waals surface area contributed by atoms with Crippen LogP contribution in [-0.2, 0) is 14.3 Å². The molecule has 0 amide bonds. The van der Waals surface area contributed by atoms with Crippen molar-refractivity contribution in [1.82, 2.24) is 0 Å². The van der Waals surface area contributed by atoms with Gasteiger partial charge in [0, 0.05) is 12.4 Å². The van der Waals surface area contributed by atoms with E-state index in [-0.39, 0.29) is 6.61 Å². The molecule has 0 fully saturated rings. The van der Waals surface area contributed by atoms with Crippen LogP contribution in [0, 0.1) is 0 Å². The average Bonchev–Trinajstić information content (AvgIpc) is 2.10. The summed E-state index contributed by atoms with van der Waals surface area (Å²) < 4.78 is 9.72. The molecule has 0 aromatic carbocycles. The van der Waals surface area contributed by atoms with Gasteiger partial charge in [-0.2, -0.15) is 12.6 Å². The summed E-state index contributed by atoms with van der Waals surface area (Å²) >= 11 is 3.86. The molecule has 5 heteroatoms. The Morgan fingerprint density at radius 2 is 2.25 bits per heavy atom. The summed E-state index contributed by atoms with van der Waals surface area (Å²) in [6.07, 6.45) is 0. The van der Waals surface area contributed by atoms with Crippen LogP contribution in [0.3, 0.4) is 0 Å². The number of ether oxygens (including phenoxy) is 2. The summed E-state index contributed by atoms with van der Waals surface area (Å²) in [7, 11) is 0.